The fourth-order valence-corrected chi connectivity index (χ4v) is 6.47. The topological polar surface area (TPSA) is 290 Å². The third-order valence-corrected chi connectivity index (χ3v) is 10.1. The highest BCUT2D eigenvalue weighted by Crippen LogP contribution is 2.16. The van der Waals surface area contributed by atoms with Gasteiger partial charge in [0, 0.05) is 52.3 Å². The lowest BCUT2D eigenvalue weighted by atomic mass is 9.95. The molecule has 0 aromatic rings. The van der Waals surface area contributed by atoms with Crippen LogP contribution >= 0.6 is 0 Å². The Morgan fingerprint density at radius 1 is 0.578 bits per heavy atom. The van der Waals surface area contributed by atoms with Crippen LogP contribution in [0.3, 0.4) is 0 Å². The van der Waals surface area contributed by atoms with Gasteiger partial charge < -0.3 is 56.3 Å². The number of nitrogens with one attached hydrogen (secondary N) is 3. The van der Waals surface area contributed by atoms with Crippen LogP contribution in [0, 0.1) is 5.92 Å². The lowest BCUT2D eigenvalue weighted by Gasteiger charge is -2.11. The van der Waals surface area contributed by atoms with E-state index >= 15 is 0 Å². The first-order chi connectivity index (χ1) is 31.3. The number of carboxylic acids is 2. The van der Waals surface area contributed by atoms with Crippen LogP contribution in [0.15, 0.2) is 0 Å². The van der Waals surface area contributed by atoms with Crippen LogP contribution in [-0.4, -0.2) is 136 Å². The first-order valence-electron chi connectivity index (χ1n) is 24.0. The molecule has 64 heavy (non-hydrogen) atoms. The second-order valence-corrected chi connectivity index (χ2v) is 16.0. The molecule has 0 rings (SSSR count). The number of likely N-dealkylation sites (N-methyl/N-ethyl adjacent to an activating group) is 1. The number of nitrogens with two attached hydrogens (primary N) is 1. The predicted octanol–water partition coefficient (Wildman–Crippen LogP) is 4.85. The summed E-state index contributed by atoms with van der Waals surface area (Å²) in [6.07, 6.45) is 21.8. The molecule has 0 radical (unpaired) electrons. The van der Waals surface area contributed by atoms with Gasteiger partial charge in [-0.05, 0) is 52.0 Å². The summed E-state index contributed by atoms with van der Waals surface area (Å²) >= 11 is 0. The summed E-state index contributed by atoms with van der Waals surface area (Å²) in [7, 11) is 1.69. The van der Waals surface area contributed by atoms with Crippen molar-refractivity contribution in [3.63, 3.8) is 0 Å². The number of amides is 3. The number of Topliss-reactive ketones (excluding diaryl/α,β-unsaturated/α-hetero) is 2. The molecule has 0 aliphatic rings. The molecule has 0 unspecified atom stereocenters. The summed E-state index contributed by atoms with van der Waals surface area (Å²) in [4.78, 5) is 78.5. The smallest absolute Gasteiger partial charge is 0.306 e. The molecule has 2 atom stereocenters. The minimum absolute atomic E-state index is 0.00845. The van der Waals surface area contributed by atoms with Gasteiger partial charge in [0.25, 0.3) is 0 Å². The number of unbranched alkanes of at least 4 members (excludes halogenated alkanes) is 14. The Morgan fingerprint density at radius 2 is 1.08 bits per heavy atom. The van der Waals surface area contributed by atoms with E-state index in [1.807, 2.05) is 6.92 Å². The molecule has 9 N–H and O–H groups in total. The quantitative estimate of drug-likeness (QED) is 0.0446. The Hall–Kier alpha value is -3.55. The molecule has 0 saturated heterocycles. The third kappa shape index (κ3) is 49.5. The Kier molecular flexibility index (Phi) is 47.8. The Morgan fingerprint density at radius 3 is 1.58 bits per heavy atom. The highest BCUT2D eigenvalue weighted by molar-refractivity contribution is 5.83. The van der Waals surface area contributed by atoms with E-state index in [0.29, 0.717) is 84.6 Å². The summed E-state index contributed by atoms with van der Waals surface area (Å²) in [5.74, 6) is -2.61. The summed E-state index contributed by atoms with van der Waals surface area (Å²) in [5.41, 5.74) is 11.5. The van der Waals surface area contributed by atoms with Crippen LogP contribution in [0.25, 0.3) is 0 Å². The van der Waals surface area contributed by atoms with Crippen LogP contribution in [0.5, 0.6) is 0 Å². The largest absolute Gasteiger partial charge is 0.481 e. The number of aliphatic carboxylic acids is 2. The Labute approximate surface area is 384 Å². The van der Waals surface area contributed by atoms with Gasteiger partial charge in [0.1, 0.15) is 19.0 Å². The van der Waals surface area contributed by atoms with Crippen LogP contribution in [0.4, 0.5) is 0 Å². The zero-order chi connectivity index (χ0) is 49.2. The van der Waals surface area contributed by atoms with Crippen LogP contribution in [0.1, 0.15) is 169 Å². The number of ketones is 2. The molecule has 0 aliphatic heterocycles. The minimum atomic E-state index is -0.837. The van der Waals surface area contributed by atoms with Crippen molar-refractivity contribution in [2.24, 2.45) is 11.7 Å². The monoisotopic (exact) mass is 923 g/mol. The molecular formula is C46H88N4O14. The number of hydrogen-bond acceptors (Lipinski definition) is 12. The van der Waals surface area contributed by atoms with Crippen molar-refractivity contribution < 1.29 is 69.6 Å². The lowest BCUT2D eigenvalue weighted by molar-refractivity contribution is -0.144. The van der Waals surface area contributed by atoms with Crippen molar-refractivity contribution in [2.75, 3.05) is 73.0 Å². The third-order valence-electron chi connectivity index (χ3n) is 10.1. The van der Waals surface area contributed by atoms with Crippen molar-refractivity contribution in [2.45, 2.75) is 174 Å². The van der Waals surface area contributed by atoms with Crippen molar-refractivity contribution in [3.05, 3.63) is 0 Å². The number of primary amides is 1. The maximum Gasteiger partial charge on any atom is 0.306 e. The SMILES string of the molecule is CCC[C@H](CC(=O)CCCCCCCCCCCCCCCCC(=O)O)C(=O)O.CN[C@@H](CCCCNC(=O)COCCOCCCC(=O)COCCOCCNC(C)=O)C(N)=O.[3H]O. The first kappa shape index (κ1) is 62.5. The fourth-order valence-electron chi connectivity index (χ4n) is 6.47. The number of carboxylic acid groups (broad SMARTS) is 2. The lowest BCUT2D eigenvalue weighted by Crippen LogP contribution is -2.39. The molecule has 3 amide bonds. The zero-order valence-corrected chi connectivity index (χ0v) is 39.6. The second-order valence-electron chi connectivity index (χ2n) is 16.0. The van der Waals surface area contributed by atoms with E-state index in [0.717, 1.165) is 51.4 Å². The molecular weight excluding hydrogens is 833 g/mol. The van der Waals surface area contributed by atoms with Crippen LogP contribution < -0.4 is 21.7 Å². The van der Waals surface area contributed by atoms with Gasteiger partial charge in [-0.15, -0.1) is 0 Å². The zero-order valence-electron chi connectivity index (χ0n) is 40.6. The normalized spacial score (nSPS) is 11.8. The summed E-state index contributed by atoms with van der Waals surface area (Å²) < 4.78 is 25.9. The maximum atomic E-state index is 11.9. The predicted molar refractivity (Wildman–Crippen MR) is 246 cm³/mol. The highest BCUT2D eigenvalue weighted by atomic mass is 16.5. The number of hydrogen-bond donors (Lipinski definition) is 6. The minimum Gasteiger partial charge on any atom is -0.481 e. The van der Waals surface area contributed by atoms with Gasteiger partial charge in [0.15, 0.2) is 5.78 Å². The molecule has 18 nitrogen and oxygen atoms in total. The number of rotatable bonds is 46. The van der Waals surface area contributed by atoms with Gasteiger partial charge in [0.05, 0.1) is 45.0 Å². The highest BCUT2D eigenvalue weighted by Gasteiger charge is 2.19. The van der Waals surface area contributed by atoms with E-state index in [1.165, 1.54) is 64.7 Å². The van der Waals surface area contributed by atoms with E-state index < -0.39 is 17.9 Å². The number of carbonyl (C=O) groups is 7. The Balaban J connectivity index is -0.00000115. The van der Waals surface area contributed by atoms with Gasteiger partial charge in [0.2, 0.25) is 19.2 Å². The van der Waals surface area contributed by atoms with Gasteiger partial charge in [-0.1, -0.05) is 90.4 Å². The average Bonchev–Trinajstić information content (AvgIpc) is 3.26. The maximum absolute atomic E-state index is 11.9. The molecule has 0 aliphatic carbocycles. The molecule has 18 heteroatoms. The molecule has 0 bridgehead atoms. The average molecular weight is 923 g/mol. The number of ether oxygens (including phenoxy) is 4. The van der Waals surface area contributed by atoms with Crippen molar-refractivity contribution in [1.29, 1.82) is 0 Å². The van der Waals surface area contributed by atoms with Gasteiger partial charge >= 0.3 is 11.9 Å². The molecule has 376 valence electrons. The first-order valence-corrected chi connectivity index (χ1v) is 23.6. The van der Waals surface area contributed by atoms with Crippen LogP contribution in [-0.2, 0) is 52.5 Å². The summed E-state index contributed by atoms with van der Waals surface area (Å²) in [5, 5.41) is 25.9. The van der Waals surface area contributed by atoms with E-state index in [9.17, 15) is 33.6 Å². The van der Waals surface area contributed by atoms with Crippen molar-refractivity contribution >= 4 is 41.2 Å². The van der Waals surface area contributed by atoms with E-state index in [4.69, 9.17) is 41.8 Å². The molecule has 0 spiro atoms. The Bertz CT molecular complexity index is 1200. The molecule has 0 fully saturated rings. The van der Waals surface area contributed by atoms with E-state index in [1.54, 1.807) is 7.05 Å². The molecule has 0 heterocycles. The molecule has 0 saturated carbocycles. The molecule has 0 aromatic heterocycles. The summed E-state index contributed by atoms with van der Waals surface area (Å²) in [6.45, 7) is 6.48. The van der Waals surface area contributed by atoms with Crippen molar-refractivity contribution in [1.82, 2.24) is 16.0 Å². The van der Waals surface area contributed by atoms with Gasteiger partial charge in [-0.25, -0.2) is 0 Å². The molecule has 0 aromatic carbocycles. The number of carbonyl (C=O) groups excluding carboxylic acids is 5. The van der Waals surface area contributed by atoms with E-state index in [-0.39, 0.29) is 61.6 Å². The van der Waals surface area contributed by atoms with Crippen LogP contribution in [0.2, 0.25) is 0 Å². The van der Waals surface area contributed by atoms with Crippen molar-refractivity contribution in [3.8, 4) is 0 Å². The summed E-state index contributed by atoms with van der Waals surface area (Å²) in [6, 6.07) is -0.343. The standard InChI is InChI=1S/C24H44O5.C22H42N4O8.H2O/c1-2-17-21(24(28)29)20-22(25)18-15-13-11-9-7-5-3-4-6-8-10-12-14-16-19-23(26)27;1-18(27)25-9-11-32-13-14-33-16-19(28)6-5-10-31-12-15-34-17-21(29)26-8-4-3-7-20(24-2)22(23)30;/h21H,2-20H2,1H3,(H,26,27)(H,28,29);20,24H,3-17H2,1-2H3,(H2,23,30)(H,25,27)(H,26,29);1H2/t21-;20-;/m10./s1/i/hT. The van der Waals surface area contributed by atoms with E-state index in [2.05, 4.69) is 16.0 Å². The van der Waals surface area contributed by atoms with Gasteiger partial charge in [-0.3, -0.25) is 33.6 Å². The fraction of sp³-hybridized carbons (Fsp3) is 0.848. The van der Waals surface area contributed by atoms with Gasteiger partial charge in [-0.2, -0.15) is 0 Å². The second kappa shape index (κ2) is 48.9.